The molecule has 35 heavy (non-hydrogen) atoms. The van der Waals surface area contributed by atoms with Gasteiger partial charge in [-0.25, -0.2) is 0 Å². The number of anilines is 1. The minimum Gasteiger partial charge on any atom is -0.493 e. The summed E-state index contributed by atoms with van der Waals surface area (Å²) in [6.07, 6.45) is 13.5. The molecular weight excluding hydrogens is 436 g/mol. The lowest BCUT2D eigenvalue weighted by atomic mass is 9.89. The Balaban J connectivity index is 1.41. The number of fused-ring (bicyclic) bond motifs is 1. The van der Waals surface area contributed by atoms with Gasteiger partial charge in [0.2, 0.25) is 0 Å². The summed E-state index contributed by atoms with van der Waals surface area (Å²) in [7, 11) is 3.25. The standard InChI is InChI=1S/C30H34N2O3/c1-5-7-8-22(6-2)19-23-14-17-32(18-15-23)24-9-11-25(12-10-24)35-28-13-16-31-27-21-30(34-4)29(33-3)20-26(27)28/h5-13,16,20-21,23H,1,14-15,17-19H2,2-4H3/b8-7-,22-6+. The Morgan fingerprint density at radius 3 is 2.40 bits per heavy atom. The molecule has 0 radical (unpaired) electrons. The Kier molecular flexibility index (Phi) is 8.09. The smallest absolute Gasteiger partial charge is 0.162 e. The number of methoxy groups -OCH3 is 2. The van der Waals surface area contributed by atoms with Gasteiger partial charge < -0.3 is 19.1 Å². The van der Waals surface area contributed by atoms with Gasteiger partial charge in [0.15, 0.2) is 11.5 Å². The van der Waals surface area contributed by atoms with Crippen LogP contribution in [-0.4, -0.2) is 32.3 Å². The number of rotatable bonds is 9. The van der Waals surface area contributed by atoms with Gasteiger partial charge >= 0.3 is 0 Å². The molecule has 3 aromatic rings. The molecule has 0 bridgehead atoms. The van der Waals surface area contributed by atoms with Crippen molar-refractivity contribution in [2.24, 2.45) is 5.92 Å². The number of ether oxygens (including phenoxy) is 3. The lowest BCUT2D eigenvalue weighted by Crippen LogP contribution is -2.33. The summed E-state index contributed by atoms with van der Waals surface area (Å²) in [4.78, 5) is 6.92. The summed E-state index contributed by atoms with van der Waals surface area (Å²) < 4.78 is 17.1. The van der Waals surface area contributed by atoms with Gasteiger partial charge in [-0.05, 0) is 68.5 Å². The van der Waals surface area contributed by atoms with Gasteiger partial charge in [0.1, 0.15) is 11.5 Å². The van der Waals surface area contributed by atoms with Gasteiger partial charge in [0.25, 0.3) is 0 Å². The minimum absolute atomic E-state index is 0.646. The minimum atomic E-state index is 0.646. The molecule has 5 heteroatoms. The predicted molar refractivity (Wildman–Crippen MR) is 144 cm³/mol. The molecule has 2 heterocycles. The van der Waals surface area contributed by atoms with Crippen LogP contribution in [0.5, 0.6) is 23.0 Å². The third-order valence-corrected chi connectivity index (χ3v) is 6.59. The number of hydrogen-bond donors (Lipinski definition) is 0. The summed E-state index contributed by atoms with van der Waals surface area (Å²) in [5, 5.41) is 0.875. The first-order valence-corrected chi connectivity index (χ1v) is 12.1. The Labute approximate surface area is 208 Å². The van der Waals surface area contributed by atoms with Gasteiger partial charge in [-0.3, -0.25) is 4.98 Å². The van der Waals surface area contributed by atoms with Crippen LogP contribution in [0, 0.1) is 5.92 Å². The Morgan fingerprint density at radius 2 is 1.74 bits per heavy atom. The maximum absolute atomic E-state index is 6.24. The molecule has 0 atom stereocenters. The molecule has 0 spiro atoms. The fraction of sp³-hybridized carbons (Fsp3) is 0.300. The lowest BCUT2D eigenvalue weighted by Gasteiger charge is -2.34. The summed E-state index contributed by atoms with van der Waals surface area (Å²) in [6.45, 7) is 8.03. The lowest BCUT2D eigenvalue weighted by molar-refractivity contribution is 0.355. The van der Waals surface area contributed by atoms with Crippen molar-refractivity contribution in [2.75, 3.05) is 32.2 Å². The van der Waals surface area contributed by atoms with Crippen molar-refractivity contribution in [3.8, 4) is 23.0 Å². The normalized spacial score (nSPS) is 14.9. The summed E-state index contributed by atoms with van der Waals surface area (Å²) >= 11 is 0. The molecule has 0 N–H and O–H groups in total. The number of benzene rings is 2. The van der Waals surface area contributed by atoms with Crippen LogP contribution in [0.3, 0.4) is 0 Å². The van der Waals surface area contributed by atoms with E-state index in [2.05, 4.69) is 47.7 Å². The van der Waals surface area contributed by atoms with Crippen molar-refractivity contribution >= 4 is 16.6 Å². The predicted octanol–water partition coefficient (Wildman–Crippen LogP) is 7.34. The SMILES string of the molecule is C=C/C=C\C(=C/C)CC1CCN(c2ccc(Oc3ccnc4cc(OC)c(OC)cc34)cc2)CC1. The monoisotopic (exact) mass is 470 g/mol. The average Bonchev–Trinajstić information content (AvgIpc) is 2.91. The Bertz CT molecular complexity index is 1210. The van der Waals surface area contributed by atoms with Crippen LogP contribution in [-0.2, 0) is 0 Å². The van der Waals surface area contributed by atoms with Crippen LogP contribution in [0.1, 0.15) is 26.2 Å². The molecule has 1 aromatic heterocycles. The highest BCUT2D eigenvalue weighted by atomic mass is 16.5. The van der Waals surface area contributed by atoms with E-state index in [1.165, 1.54) is 24.1 Å². The van der Waals surface area contributed by atoms with Gasteiger partial charge in [-0.2, -0.15) is 0 Å². The van der Waals surface area contributed by atoms with Crippen molar-refractivity contribution in [1.29, 1.82) is 0 Å². The zero-order valence-corrected chi connectivity index (χ0v) is 20.9. The van der Waals surface area contributed by atoms with E-state index in [1.807, 2.05) is 42.5 Å². The number of hydrogen-bond acceptors (Lipinski definition) is 5. The first-order chi connectivity index (χ1) is 17.1. The zero-order valence-electron chi connectivity index (χ0n) is 20.9. The van der Waals surface area contributed by atoms with Gasteiger partial charge in [-0.15, -0.1) is 0 Å². The molecule has 0 unspecified atom stereocenters. The molecule has 0 aliphatic carbocycles. The van der Waals surface area contributed by atoms with E-state index < -0.39 is 0 Å². The molecule has 0 saturated carbocycles. The molecule has 182 valence electrons. The highest BCUT2D eigenvalue weighted by Gasteiger charge is 2.20. The van der Waals surface area contributed by atoms with Crippen molar-refractivity contribution < 1.29 is 14.2 Å². The quantitative estimate of drug-likeness (QED) is 0.306. The number of pyridine rings is 1. The van der Waals surface area contributed by atoms with Crippen molar-refractivity contribution in [3.05, 3.63) is 85.1 Å². The number of piperidine rings is 1. The second kappa shape index (κ2) is 11.6. The summed E-state index contributed by atoms with van der Waals surface area (Å²) in [5.74, 6) is 3.54. The summed E-state index contributed by atoms with van der Waals surface area (Å²) in [5.41, 5.74) is 3.42. The Hall–Kier alpha value is -3.73. The number of nitrogens with zero attached hydrogens (tertiary/aromatic N) is 2. The molecule has 5 nitrogen and oxygen atoms in total. The molecule has 4 rings (SSSR count). The van der Waals surface area contributed by atoms with Crippen molar-refractivity contribution in [3.63, 3.8) is 0 Å². The average molecular weight is 471 g/mol. The molecule has 0 amide bonds. The number of allylic oxidation sites excluding steroid dienone is 5. The zero-order chi connectivity index (χ0) is 24.6. The fourth-order valence-electron chi connectivity index (χ4n) is 4.59. The largest absolute Gasteiger partial charge is 0.493 e. The van der Waals surface area contributed by atoms with Crippen LogP contribution in [0.25, 0.3) is 10.9 Å². The molecule has 1 fully saturated rings. The first-order valence-electron chi connectivity index (χ1n) is 12.1. The maximum Gasteiger partial charge on any atom is 0.162 e. The van der Waals surface area contributed by atoms with Gasteiger partial charge in [0, 0.05) is 36.4 Å². The van der Waals surface area contributed by atoms with Crippen molar-refractivity contribution in [1.82, 2.24) is 4.98 Å². The van der Waals surface area contributed by atoms with E-state index in [0.717, 1.165) is 47.8 Å². The van der Waals surface area contributed by atoms with E-state index in [-0.39, 0.29) is 0 Å². The highest BCUT2D eigenvalue weighted by Crippen LogP contribution is 2.37. The van der Waals surface area contributed by atoms with Crippen LogP contribution >= 0.6 is 0 Å². The highest BCUT2D eigenvalue weighted by molar-refractivity contribution is 5.88. The second-order valence-electron chi connectivity index (χ2n) is 8.72. The summed E-state index contributed by atoms with van der Waals surface area (Å²) in [6, 6.07) is 14.0. The van der Waals surface area contributed by atoms with Gasteiger partial charge in [-0.1, -0.05) is 36.5 Å². The van der Waals surface area contributed by atoms with E-state index in [0.29, 0.717) is 11.5 Å². The van der Waals surface area contributed by atoms with Crippen molar-refractivity contribution in [2.45, 2.75) is 26.2 Å². The van der Waals surface area contributed by atoms with Crippen LogP contribution in [0.2, 0.25) is 0 Å². The third kappa shape index (κ3) is 5.86. The van der Waals surface area contributed by atoms with E-state index in [9.17, 15) is 0 Å². The molecule has 2 aromatic carbocycles. The topological polar surface area (TPSA) is 43.8 Å². The number of aromatic nitrogens is 1. The third-order valence-electron chi connectivity index (χ3n) is 6.59. The fourth-order valence-corrected chi connectivity index (χ4v) is 4.59. The first kappa shape index (κ1) is 24.4. The second-order valence-corrected chi connectivity index (χ2v) is 8.72. The molecule has 1 aliphatic heterocycles. The molecular formula is C30H34N2O3. The Morgan fingerprint density at radius 1 is 1.03 bits per heavy atom. The molecule has 1 saturated heterocycles. The molecule has 1 aliphatic rings. The maximum atomic E-state index is 6.24. The van der Waals surface area contributed by atoms with E-state index in [4.69, 9.17) is 14.2 Å². The van der Waals surface area contributed by atoms with Crippen LogP contribution < -0.4 is 19.1 Å². The van der Waals surface area contributed by atoms with E-state index >= 15 is 0 Å². The van der Waals surface area contributed by atoms with Gasteiger partial charge in [0.05, 0.1) is 19.7 Å². The van der Waals surface area contributed by atoms with E-state index in [1.54, 1.807) is 20.4 Å². The van der Waals surface area contributed by atoms with Crippen LogP contribution in [0.4, 0.5) is 5.69 Å². The van der Waals surface area contributed by atoms with Crippen LogP contribution in [0.15, 0.2) is 85.1 Å².